The molecule has 80 valence electrons. The third-order valence-electron chi connectivity index (χ3n) is 2.43. The van der Waals surface area contributed by atoms with Crippen LogP contribution < -0.4 is 0 Å². The standard InChI is InChI=1S/2C5H7O2.Hg/c2*1-4(6)3-5(2)7;/h2*3H,1-2H3;. The molecule has 15 heavy (non-hydrogen) atoms. The van der Waals surface area contributed by atoms with Crippen molar-refractivity contribution in [1.82, 2.24) is 0 Å². The van der Waals surface area contributed by atoms with Crippen molar-refractivity contribution in [2.45, 2.75) is 34.5 Å². The molecule has 0 bridgehead atoms. The van der Waals surface area contributed by atoms with E-state index in [1.54, 1.807) is 0 Å². The van der Waals surface area contributed by atoms with Gasteiger partial charge in [0.2, 0.25) is 0 Å². The van der Waals surface area contributed by atoms with Crippen LogP contribution in [0.5, 0.6) is 0 Å². The Morgan fingerprint density at radius 2 is 0.867 bits per heavy atom. The molecule has 0 spiro atoms. The number of hydrogen-bond donors (Lipinski definition) is 0. The van der Waals surface area contributed by atoms with Crippen molar-refractivity contribution in [3.05, 3.63) is 0 Å². The summed E-state index contributed by atoms with van der Waals surface area (Å²) < 4.78 is -1.22. The van der Waals surface area contributed by atoms with Crippen LogP contribution in [0, 0.1) is 0 Å². The van der Waals surface area contributed by atoms with Crippen LogP contribution in [-0.4, -0.2) is 23.1 Å². The second-order valence-electron chi connectivity index (χ2n) is 3.78. The molecule has 0 aromatic carbocycles. The van der Waals surface area contributed by atoms with Gasteiger partial charge in [-0.05, 0) is 0 Å². The monoisotopic (exact) mass is 400 g/mol. The van der Waals surface area contributed by atoms with Crippen molar-refractivity contribution in [1.29, 1.82) is 0 Å². The first-order valence-electron chi connectivity index (χ1n) is 4.79. The van der Waals surface area contributed by atoms with Crippen LogP contribution in [0.4, 0.5) is 0 Å². The molecule has 0 aliphatic heterocycles. The predicted octanol–water partition coefficient (Wildman–Crippen LogP) is 1.00. The zero-order valence-corrected chi connectivity index (χ0v) is 15.0. The van der Waals surface area contributed by atoms with Crippen LogP contribution in [0.1, 0.15) is 27.7 Å². The summed E-state index contributed by atoms with van der Waals surface area (Å²) in [5.41, 5.74) is 0. The van der Waals surface area contributed by atoms with Gasteiger partial charge >= 0.3 is 101 Å². The molecule has 0 amide bonds. The van der Waals surface area contributed by atoms with Crippen LogP contribution in [0.25, 0.3) is 0 Å². The molecule has 5 heteroatoms. The fourth-order valence-electron chi connectivity index (χ4n) is 1.47. The van der Waals surface area contributed by atoms with E-state index in [1.807, 2.05) is 0 Å². The quantitative estimate of drug-likeness (QED) is 0.494. The second kappa shape index (κ2) is 6.25. The van der Waals surface area contributed by atoms with Gasteiger partial charge in [0.1, 0.15) is 0 Å². The molecule has 0 N–H and O–H groups in total. The molecule has 0 aliphatic rings. The number of carbonyl (C=O) groups is 4. The third-order valence-corrected chi connectivity index (χ3v) is 15.0. The normalized spacial score (nSPS) is 10.0. The van der Waals surface area contributed by atoms with Gasteiger partial charge in [-0.2, -0.15) is 0 Å². The molecule has 0 radical (unpaired) electrons. The van der Waals surface area contributed by atoms with E-state index in [9.17, 15) is 19.2 Å². The summed E-state index contributed by atoms with van der Waals surface area (Å²) in [6, 6.07) is 0. The van der Waals surface area contributed by atoms with Crippen LogP contribution >= 0.6 is 0 Å². The van der Waals surface area contributed by atoms with Crippen molar-refractivity contribution in [2.24, 2.45) is 0 Å². The van der Waals surface area contributed by atoms with E-state index < -0.39 is 31.4 Å². The Hall–Kier alpha value is -0.385. The summed E-state index contributed by atoms with van der Waals surface area (Å²) in [4.78, 5) is 44.7. The van der Waals surface area contributed by atoms with Gasteiger partial charge in [0.25, 0.3) is 0 Å². The molecule has 4 nitrogen and oxygen atoms in total. The van der Waals surface area contributed by atoms with E-state index in [0.29, 0.717) is 0 Å². The molecule has 0 aliphatic carbocycles. The van der Waals surface area contributed by atoms with E-state index in [2.05, 4.69) is 0 Å². The van der Waals surface area contributed by atoms with Crippen LogP contribution in [0.2, 0.25) is 6.85 Å². The van der Waals surface area contributed by atoms with Crippen molar-refractivity contribution in [3.63, 3.8) is 0 Å². The van der Waals surface area contributed by atoms with Crippen molar-refractivity contribution >= 4 is 23.1 Å². The molecule has 0 aromatic heterocycles. The topological polar surface area (TPSA) is 68.3 Å². The Morgan fingerprint density at radius 3 is 1.00 bits per heavy atom. The van der Waals surface area contributed by atoms with Crippen LogP contribution in [-0.2, 0) is 43.8 Å². The average Bonchev–Trinajstić information content (AvgIpc) is 2.01. The molecule has 0 rings (SSSR count). The first-order chi connectivity index (χ1) is 6.77. The fraction of sp³-hybridized carbons (Fsp3) is 0.600. The molecule has 0 unspecified atom stereocenters. The molecule has 0 fully saturated rings. The van der Waals surface area contributed by atoms with Gasteiger partial charge in [-0.15, -0.1) is 0 Å². The number of rotatable bonds is 6. The Balaban J connectivity index is 4.77. The van der Waals surface area contributed by atoms with E-state index in [1.165, 1.54) is 27.7 Å². The molecular weight excluding hydrogens is 385 g/mol. The SMILES string of the molecule is CC(=O)[CH]([Hg][CH](C(C)=O)C(C)=O)C(C)=O. The summed E-state index contributed by atoms with van der Waals surface area (Å²) in [7, 11) is 0. The van der Waals surface area contributed by atoms with Gasteiger partial charge in [0.15, 0.2) is 0 Å². The van der Waals surface area contributed by atoms with Gasteiger partial charge in [-0.1, -0.05) is 0 Å². The first kappa shape index (κ1) is 14.6. The van der Waals surface area contributed by atoms with Crippen LogP contribution in [0.15, 0.2) is 0 Å². The van der Waals surface area contributed by atoms with E-state index in [-0.39, 0.29) is 23.1 Å². The number of Topliss-reactive ketones (excluding diaryl/α,β-unsaturated/α-hetero) is 4. The Labute approximate surface area is 101 Å². The number of ketones is 4. The number of carbonyl (C=O) groups excluding carboxylic acids is 4. The molecule has 0 heterocycles. The first-order valence-corrected chi connectivity index (χ1v) is 11.1. The zero-order chi connectivity index (χ0) is 12.2. The Morgan fingerprint density at radius 1 is 0.667 bits per heavy atom. The summed E-state index contributed by atoms with van der Waals surface area (Å²) >= 11 is -2.16. The van der Waals surface area contributed by atoms with Gasteiger partial charge in [-0.25, -0.2) is 0 Å². The maximum atomic E-state index is 11.2. The summed E-state index contributed by atoms with van der Waals surface area (Å²) in [6.07, 6.45) is 0. The zero-order valence-electron chi connectivity index (χ0n) is 9.49. The van der Waals surface area contributed by atoms with Crippen molar-refractivity contribution < 1.29 is 43.8 Å². The summed E-state index contributed by atoms with van der Waals surface area (Å²) in [6.45, 7) is 5.40. The van der Waals surface area contributed by atoms with Crippen LogP contribution in [0.3, 0.4) is 0 Å². The molecular formula is C10H14HgO4. The molecule has 0 saturated carbocycles. The predicted molar refractivity (Wildman–Crippen MR) is 50.2 cm³/mol. The minimum absolute atomic E-state index is 0.198. The minimum atomic E-state index is -2.16. The van der Waals surface area contributed by atoms with E-state index in [4.69, 9.17) is 0 Å². The average molecular weight is 399 g/mol. The van der Waals surface area contributed by atoms with E-state index >= 15 is 0 Å². The van der Waals surface area contributed by atoms with Gasteiger partial charge in [0, 0.05) is 0 Å². The van der Waals surface area contributed by atoms with Gasteiger partial charge < -0.3 is 0 Å². The summed E-state index contributed by atoms with van der Waals surface area (Å²) in [5.74, 6) is -0.790. The molecule has 0 saturated heterocycles. The maximum absolute atomic E-state index is 11.2. The van der Waals surface area contributed by atoms with Crippen molar-refractivity contribution in [3.8, 4) is 0 Å². The Kier molecular flexibility index (Phi) is 6.09. The van der Waals surface area contributed by atoms with Gasteiger partial charge in [0.05, 0.1) is 0 Å². The van der Waals surface area contributed by atoms with E-state index in [0.717, 1.165) is 0 Å². The Bertz CT molecular complexity index is 251. The summed E-state index contributed by atoms with van der Waals surface area (Å²) in [5, 5.41) is 0. The number of hydrogen-bond acceptors (Lipinski definition) is 4. The van der Waals surface area contributed by atoms with Gasteiger partial charge in [-0.3, -0.25) is 0 Å². The molecule has 0 atom stereocenters. The van der Waals surface area contributed by atoms with Crippen molar-refractivity contribution in [2.75, 3.05) is 0 Å². The second-order valence-corrected chi connectivity index (χ2v) is 12.0. The third kappa shape index (κ3) is 4.77. The fourth-order valence-corrected chi connectivity index (χ4v) is 8.47. The molecule has 0 aromatic rings.